The van der Waals surface area contributed by atoms with Crippen molar-refractivity contribution in [2.75, 3.05) is 10.6 Å². The van der Waals surface area contributed by atoms with Crippen LogP contribution in [0.2, 0.25) is 0 Å². The summed E-state index contributed by atoms with van der Waals surface area (Å²) < 4.78 is 50.4. The zero-order valence-corrected chi connectivity index (χ0v) is 11.4. The summed E-state index contributed by atoms with van der Waals surface area (Å²) in [7, 11) is 0. The Bertz CT molecular complexity index is 727. The van der Waals surface area contributed by atoms with Gasteiger partial charge >= 0.3 is 18.0 Å². The molecule has 0 aromatic heterocycles. The molecule has 2 N–H and O–H groups in total. The zero-order chi connectivity index (χ0) is 17.0. The molecule has 2 aromatic rings. The highest BCUT2D eigenvalue weighted by atomic mass is 19.4. The lowest BCUT2D eigenvalue weighted by molar-refractivity contribution is -0.137. The molecule has 0 saturated heterocycles. The summed E-state index contributed by atoms with van der Waals surface area (Å²) in [6.45, 7) is 0. The molecule has 0 saturated carbocycles. The van der Waals surface area contributed by atoms with Crippen LogP contribution in [-0.2, 0) is 15.8 Å². The second-order valence-corrected chi connectivity index (χ2v) is 4.49. The van der Waals surface area contributed by atoms with Gasteiger partial charge in [0.1, 0.15) is 5.82 Å². The third-order valence-corrected chi connectivity index (χ3v) is 2.76. The van der Waals surface area contributed by atoms with E-state index in [2.05, 4.69) is 10.6 Å². The minimum atomic E-state index is -4.56. The molecule has 0 spiro atoms. The minimum absolute atomic E-state index is 0.168. The predicted octanol–water partition coefficient (Wildman–Crippen LogP) is 3.42. The van der Waals surface area contributed by atoms with Crippen LogP contribution in [0.4, 0.5) is 28.9 Å². The number of carbonyl (C=O) groups is 2. The lowest BCUT2D eigenvalue weighted by Gasteiger charge is -2.10. The highest BCUT2D eigenvalue weighted by molar-refractivity contribution is 6.43. The van der Waals surface area contributed by atoms with E-state index in [1.54, 1.807) is 0 Å². The summed E-state index contributed by atoms with van der Waals surface area (Å²) in [4.78, 5) is 23.3. The Hall–Kier alpha value is -2.90. The first-order valence-electron chi connectivity index (χ1n) is 6.31. The Kier molecular flexibility index (Phi) is 4.63. The van der Waals surface area contributed by atoms with Gasteiger partial charge in [0.15, 0.2) is 0 Å². The molecule has 0 aliphatic carbocycles. The molecule has 0 heterocycles. The quantitative estimate of drug-likeness (QED) is 0.656. The predicted molar refractivity (Wildman–Crippen MR) is 75.1 cm³/mol. The van der Waals surface area contributed by atoms with Gasteiger partial charge in [-0.25, -0.2) is 4.39 Å². The normalized spacial score (nSPS) is 11.0. The van der Waals surface area contributed by atoms with Crippen molar-refractivity contribution < 1.29 is 27.2 Å². The Balaban J connectivity index is 2.04. The highest BCUT2D eigenvalue weighted by Crippen LogP contribution is 2.30. The first-order chi connectivity index (χ1) is 10.8. The van der Waals surface area contributed by atoms with Gasteiger partial charge < -0.3 is 10.6 Å². The molecule has 23 heavy (non-hydrogen) atoms. The van der Waals surface area contributed by atoms with E-state index in [9.17, 15) is 27.2 Å². The molecule has 0 radical (unpaired) electrons. The molecular formula is C15H10F4N2O2. The smallest absolute Gasteiger partial charge is 0.318 e. The number of anilines is 2. The summed E-state index contributed by atoms with van der Waals surface area (Å²) in [5.74, 6) is -2.75. The third kappa shape index (κ3) is 4.53. The van der Waals surface area contributed by atoms with Crippen LogP contribution in [0.3, 0.4) is 0 Å². The van der Waals surface area contributed by atoms with Gasteiger partial charge in [0.2, 0.25) is 0 Å². The van der Waals surface area contributed by atoms with Gasteiger partial charge in [-0.1, -0.05) is 6.07 Å². The molecule has 0 unspecified atom stereocenters. The van der Waals surface area contributed by atoms with E-state index in [0.717, 1.165) is 24.3 Å². The molecular weight excluding hydrogens is 316 g/mol. The van der Waals surface area contributed by atoms with E-state index in [1.165, 1.54) is 18.2 Å². The number of benzene rings is 2. The lowest BCUT2D eigenvalue weighted by atomic mass is 10.2. The van der Waals surface area contributed by atoms with Crippen LogP contribution >= 0.6 is 0 Å². The fraction of sp³-hybridized carbons (Fsp3) is 0.0667. The van der Waals surface area contributed by atoms with Crippen molar-refractivity contribution in [2.24, 2.45) is 0 Å². The molecule has 0 atom stereocenters. The van der Waals surface area contributed by atoms with Crippen LogP contribution in [-0.4, -0.2) is 11.8 Å². The van der Waals surface area contributed by atoms with Gasteiger partial charge in [-0.3, -0.25) is 9.59 Å². The zero-order valence-electron chi connectivity index (χ0n) is 11.4. The van der Waals surface area contributed by atoms with Gasteiger partial charge in [-0.15, -0.1) is 0 Å². The van der Waals surface area contributed by atoms with Crippen LogP contribution in [0.15, 0.2) is 48.5 Å². The largest absolute Gasteiger partial charge is 0.416 e. The molecule has 0 fully saturated rings. The Morgan fingerprint density at radius 1 is 0.826 bits per heavy atom. The number of nitrogens with one attached hydrogen (secondary N) is 2. The molecule has 2 aromatic carbocycles. The second kappa shape index (κ2) is 6.47. The lowest BCUT2D eigenvalue weighted by Crippen LogP contribution is -2.29. The fourth-order valence-electron chi connectivity index (χ4n) is 1.68. The Morgan fingerprint density at radius 3 is 1.96 bits per heavy atom. The van der Waals surface area contributed by atoms with Crippen molar-refractivity contribution in [1.82, 2.24) is 0 Å². The minimum Gasteiger partial charge on any atom is -0.318 e. The maximum Gasteiger partial charge on any atom is 0.416 e. The molecule has 0 bridgehead atoms. The summed E-state index contributed by atoms with van der Waals surface area (Å²) >= 11 is 0. The van der Waals surface area contributed by atoms with Crippen molar-refractivity contribution in [1.29, 1.82) is 0 Å². The summed E-state index contributed by atoms with van der Waals surface area (Å²) in [5, 5.41) is 4.25. The Morgan fingerprint density at radius 2 is 1.39 bits per heavy atom. The number of hydrogen-bond acceptors (Lipinski definition) is 2. The average Bonchev–Trinajstić information content (AvgIpc) is 2.49. The van der Waals surface area contributed by atoms with Crippen LogP contribution in [0.5, 0.6) is 0 Å². The van der Waals surface area contributed by atoms with Crippen LogP contribution in [0.25, 0.3) is 0 Å². The second-order valence-electron chi connectivity index (χ2n) is 4.49. The van der Waals surface area contributed by atoms with Crippen molar-refractivity contribution in [3.8, 4) is 0 Å². The van der Waals surface area contributed by atoms with Gasteiger partial charge in [-0.05, 0) is 42.5 Å². The molecule has 120 valence electrons. The highest BCUT2D eigenvalue weighted by Gasteiger charge is 2.30. The molecule has 2 rings (SSSR count). The van der Waals surface area contributed by atoms with E-state index in [4.69, 9.17) is 0 Å². The molecule has 2 amide bonds. The molecule has 4 nitrogen and oxygen atoms in total. The number of carbonyl (C=O) groups excluding carboxylic acids is 2. The molecule has 0 aliphatic rings. The monoisotopic (exact) mass is 326 g/mol. The summed E-state index contributed by atoms with van der Waals surface area (Å²) in [6, 6.07) is 8.53. The van der Waals surface area contributed by atoms with Gasteiger partial charge in [0.25, 0.3) is 0 Å². The van der Waals surface area contributed by atoms with Gasteiger partial charge in [0, 0.05) is 11.4 Å². The molecule has 0 aliphatic heterocycles. The van der Waals surface area contributed by atoms with Gasteiger partial charge in [0.05, 0.1) is 5.56 Å². The summed E-state index contributed by atoms with van der Waals surface area (Å²) in [5.41, 5.74) is -0.941. The maximum atomic E-state index is 12.7. The van der Waals surface area contributed by atoms with E-state index < -0.39 is 29.4 Å². The first-order valence-corrected chi connectivity index (χ1v) is 6.31. The summed E-state index contributed by atoms with van der Waals surface area (Å²) in [6.07, 6.45) is -4.56. The number of rotatable bonds is 2. The van der Waals surface area contributed by atoms with Crippen LogP contribution in [0, 0.1) is 5.82 Å². The van der Waals surface area contributed by atoms with Crippen molar-refractivity contribution in [3.63, 3.8) is 0 Å². The first kappa shape index (κ1) is 16.5. The Labute approximate surface area is 128 Å². The van der Waals surface area contributed by atoms with Crippen LogP contribution in [0.1, 0.15) is 5.56 Å². The van der Waals surface area contributed by atoms with Crippen LogP contribution < -0.4 is 10.6 Å². The number of halogens is 4. The standard InChI is InChI=1S/C15H10F4N2O2/c16-10-4-6-11(7-5-10)20-13(22)14(23)21-12-3-1-2-9(8-12)15(17,18)19/h1-8H,(H,20,22)(H,21,23). The van der Waals surface area contributed by atoms with E-state index in [0.29, 0.717) is 6.07 Å². The fourth-order valence-corrected chi connectivity index (χ4v) is 1.68. The third-order valence-electron chi connectivity index (χ3n) is 2.76. The number of amides is 2. The van der Waals surface area contributed by atoms with E-state index >= 15 is 0 Å². The van der Waals surface area contributed by atoms with Crippen molar-refractivity contribution in [2.45, 2.75) is 6.18 Å². The maximum absolute atomic E-state index is 12.7. The average molecular weight is 326 g/mol. The van der Waals surface area contributed by atoms with Crippen molar-refractivity contribution >= 4 is 23.2 Å². The SMILES string of the molecule is O=C(Nc1ccc(F)cc1)C(=O)Nc1cccc(C(F)(F)F)c1. The number of alkyl halides is 3. The van der Waals surface area contributed by atoms with Crippen molar-refractivity contribution in [3.05, 3.63) is 59.9 Å². The topological polar surface area (TPSA) is 58.2 Å². The van der Waals surface area contributed by atoms with E-state index in [1.807, 2.05) is 0 Å². The molecule has 8 heteroatoms. The number of hydrogen-bond donors (Lipinski definition) is 2. The van der Waals surface area contributed by atoms with E-state index in [-0.39, 0.29) is 11.4 Å². The van der Waals surface area contributed by atoms with Gasteiger partial charge in [-0.2, -0.15) is 13.2 Å².